The van der Waals surface area contributed by atoms with Crippen LogP contribution in [0.4, 0.5) is 0 Å². The Kier molecular flexibility index (Phi) is 4.80. The van der Waals surface area contributed by atoms with Gasteiger partial charge in [-0.3, -0.25) is 4.79 Å². The first kappa shape index (κ1) is 14.0. The molecule has 1 amide bonds. The average molecular weight is 210 g/mol. The highest BCUT2D eigenvalue weighted by molar-refractivity contribution is 5.76. The largest absolute Gasteiger partial charge is 0.356 e. The molecular formula is C12H22N2O. The van der Waals surface area contributed by atoms with Crippen LogP contribution in [0.5, 0.6) is 0 Å². The third kappa shape index (κ3) is 4.83. The van der Waals surface area contributed by atoms with Gasteiger partial charge in [-0.15, -0.1) is 0 Å². The van der Waals surface area contributed by atoms with Gasteiger partial charge in [0.1, 0.15) is 0 Å². The van der Waals surface area contributed by atoms with E-state index in [-0.39, 0.29) is 16.7 Å². The molecule has 0 aliphatic carbocycles. The second-order valence-corrected chi connectivity index (χ2v) is 5.57. The van der Waals surface area contributed by atoms with E-state index in [0.29, 0.717) is 19.4 Å². The maximum atomic E-state index is 11.3. The van der Waals surface area contributed by atoms with E-state index in [1.807, 2.05) is 6.07 Å². The molecule has 0 atom stereocenters. The Hall–Kier alpha value is -1.04. The van der Waals surface area contributed by atoms with Crippen LogP contribution in [0.25, 0.3) is 0 Å². The van der Waals surface area contributed by atoms with Crippen LogP contribution < -0.4 is 5.32 Å². The minimum absolute atomic E-state index is 0.0334. The van der Waals surface area contributed by atoms with Crippen molar-refractivity contribution in [3.05, 3.63) is 0 Å². The molecule has 3 nitrogen and oxygen atoms in total. The summed E-state index contributed by atoms with van der Waals surface area (Å²) in [5.74, 6) is -0.0334. The van der Waals surface area contributed by atoms with Crippen molar-refractivity contribution in [1.29, 1.82) is 5.26 Å². The maximum Gasteiger partial charge on any atom is 0.221 e. The second-order valence-electron chi connectivity index (χ2n) is 5.57. The maximum absolute atomic E-state index is 11.3. The van der Waals surface area contributed by atoms with Gasteiger partial charge in [0.15, 0.2) is 0 Å². The number of nitrogens with zero attached hydrogens (tertiary/aromatic N) is 1. The second kappa shape index (κ2) is 5.16. The Morgan fingerprint density at radius 3 is 2.20 bits per heavy atom. The highest BCUT2D eigenvalue weighted by Crippen LogP contribution is 2.36. The Morgan fingerprint density at radius 2 is 1.80 bits per heavy atom. The molecule has 0 aromatic heterocycles. The summed E-state index contributed by atoms with van der Waals surface area (Å²) in [6, 6.07) is 1.97. The van der Waals surface area contributed by atoms with Crippen LogP contribution in [0, 0.1) is 22.2 Å². The van der Waals surface area contributed by atoms with Gasteiger partial charge in [-0.05, 0) is 10.8 Å². The monoisotopic (exact) mass is 210 g/mol. The Morgan fingerprint density at radius 1 is 1.27 bits per heavy atom. The molecule has 0 unspecified atom stereocenters. The third-order valence-electron chi connectivity index (χ3n) is 3.22. The molecule has 0 heterocycles. The highest BCUT2D eigenvalue weighted by atomic mass is 16.1. The van der Waals surface area contributed by atoms with E-state index >= 15 is 0 Å². The predicted molar refractivity (Wildman–Crippen MR) is 61.1 cm³/mol. The van der Waals surface area contributed by atoms with Gasteiger partial charge in [0.25, 0.3) is 0 Å². The number of amides is 1. The van der Waals surface area contributed by atoms with Gasteiger partial charge in [0.2, 0.25) is 5.91 Å². The van der Waals surface area contributed by atoms with Crippen molar-refractivity contribution in [3.63, 3.8) is 0 Å². The van der Waals surface area contributed by atoms with Crippen LogP contribution in [0.3, 0.4) is 0 Å². The molecule has 0 spiro atoms. The molecular weight excluding hydrogens is 188 g/mol. The topological polar surface area (TPSA) is 52.9 Å². The standard InChI is InChI=1S/C12H22N2O/c1-11(2,3)12(4,5)9-14-10(15)7-6-8-13/h6-7,9H2,1-5H3,(H,14,15). The number of hydrogen-bond donors (Lipinski definition) is 1. The van der Waals surface area contributed by atoms with Gasteiger partial charge in [0.05, 0.1) is 6.07 Å². The molecule has 0 radical (unpaired) electrons. The first-order chi connectivity index (χ1) is 6.70. The molecule has 0 rings (SSSR count). The summed E-state index contributed by atoms with van der Waals surface area (Å²) >= 11 is 0. The minimum atomic E-state index is -0.0334. The van der Waals surface area contributed by atoms with E-state index in [1.165, 1.54) is 0 Å². The lowest BCUT2D eigenvalue weighted by atomic mass is 9.69. The molecule has 0 aromatic rings. The van der Waals surface area contributed by atoms with Crippen molar-refractivity contribution in [1.82, 2.24) is 5.32 Å². The Labute approximate surface area is 92.9 Å². The van der Waals surface area contributed by atoms with Crippen molar-refractivity contribution < 1.29 is 4.79 Å². The lowest BCUT2D eigenvalue weighted by molar-refractivity contribution is -0.121. The number of nitriles is 1. The van der Waals surface area contributed by atoms with E-state index in [2.05, 4.69) is 39.9 Å². The zero-order chi connectivity index (χ0) is 12.1. The van der Waals surface area contributed by atoms with Gasteiger partial charge in [0, 0.05) is 19.4 Å². The van der Waals surface area contributed by atoms with Crippen LogP contribution in [0.1, 0.15) is 47.5 Å². The molecule has 86 valence electrons. The summed E-state index contributed by atoms with van der Waals surface area (Å²) in [6.07, 6.45) is 0.596. The fraction of sp³-hybridized carbons (Fsp3) is 0.833. The molecule has 1 N–H and O–H groups in total. The zero-order valence-corrected chi connectivity index (χ0v) is 10.5. The molecule has 0 aliphatic rings. The van der Waals surface area contributed by atoms with Crippen LogP contribution >= 0.6 is 0 Å². The van der Waals surface area contributed by atoms with Crippen LogP contribution in [0.2, 0.25) is 0 Å². The Balaban J connectivity index is 4.06. The van der Waals surface area contributed by atoms with Crippen molar-refractivity contribution in [2.75, 3.05) is 6.54 Å². The SMILES string of the molecule is CC(C)(C)C(C)(C)CNC(=O)CCC#N. The molecule has 0 fully saturated rings. The van der Waals surface area contributed by atoms with Crippen LogP contribution in [-0.2, 0) is 4.79 Å². The zero-order valence-electron chi connectivity index (χ0n) is 10.5. The van der Waals surface area contributed by atoms with Crippen LogP contribution in [-0.4, -0.2) is 12.5 Å². The van der Waals surface area contributed by atoms with E-state index < -0.39 is 0 Å². The van der Waals surface area contributed by atoms with Gasteiger partial charge in [-0.25, -0.2) is 0 Å². The first-order valence-electron chi connectivity index (χ1n) is 5.34. The number of carbonyl (C=O) groups is 1. The van der Waals surface area contributed by atoms with E-state index in [0.717, 1.165) is 0 Å². The molecule has 15 heavy (non-hydrogen) atoms. The summed E-state index contributed by atoms with van der Waals surface area (Å²) in [5.41, 5.74) is 0.199. The third-order valence-corrected chi connectivity index (χ3v) is 3.22. The lowest BCUT2D eigenvalue weighted by Crippen LogP contribution is -2.41. The fourth-order valence-electron chi connectivity index (χ4n) is 0.843. The average Bonchev–Trinajstić information content (AvgIpc) is 2.09. The van der Waals surface area contributed by atoms with E-state index in [9.17, 15) is 4.79 Å². The number of nitrogens with one attached hydrogen (secondary N) is 1. The van der Waals surface area contributed by atoms with Crippen molar-refractivity contribution in [3.8, 4) is 6.07 Å². The fourth-order valence-corrected chi connectivity index (χ4v) is 0.843. The predicted octanol–water partition coefficient (Wildman–Crippen LogP) is 2.48. The van der Waals surface area contributed by atoms with Crippen LogP contribution in [0.15, 0.2) is 0 Å². The summed E-state index contributed by atoms with van der Waals surface area (Å²) < 4.78 is 0. The Bertz CT molecular complexity index is 256. The van der Waals surface area contributed by atoms with Crippen molar-refractivity contribution in [2.24, 2.45) is 10.8 Å². The molecule has 0 bridgehead atoms. The summed E-state index contributed by atoms with van der Waals surface area (Å²) in [6.45, 7) is 11.4. The van der Waals surface area contributed by atoms with Gasteiger partial charge < -0.3 is 5.32 Å². The summed E-state index contributed by atoms with van der Waals surface area (Å²) in [4.78, 5) is 11.3. The first-order valence-corrected chi connectivity index (χ1v) is 5.34. The van der Waals surface area contributed by atoms with Gasteiger partial charge >= 0.3 is 0 Å². The number of carbonyl (C=O) groups excluding carboxylic acids is 1. The molecule has 3 heteroatoms. The van der Waals surface area contributed by atoms with Gasteiger partial charge in [-0.1, -0.05) is 34.6 Å². The van der Waals surface area contributed by atoms with Gasteiger partial charge in [-0.2, -0.15) is 5.26 Å². The summed E-state index contributed by atoms with van der Waals surface area (Å²) in [7, 11) is 0. The quantitative estimate of drug-likeness (QED) is 0.775. The molecule has 0 saturated carbocycles. The van der Waals surface area contributed by atoms with Crippen molar-refractivity contribution in [2.45, 2.75) is 47.5 Å². The highest BCUT2D eigenvalue weighted by Gasteiger charge is 2.32. The number of rotatable bonds is 4. The van der Waals surface area contributed by atoms with E-state index in [1.54, 1.807) is 0 Å². The summed E-state index contributed by atoms with van der Waals surface area (Å²) in [5, 5.41) is 11.2. The molecule has 0 aliphatic heterocycles. The minimum Gasteiger partial charge on any atom is -0.356 e. The lowest BCUT2D eigenvalue weighted by Gasteiger charge is -2.38. The van der Waals surface area contributed by atoms with E-state index in [4.69, 9.17) is 5.26 Å². The smallest absolute Gasteiger partial charge is 0.221 e. The van der Waals surface area contributed by atoms with Crippen molar-refractivity contribution >= 4 is 5.91 Å². The molecule has 0 aromatic carbocycles. The normalized spacial score (nSPS) is 12.0. The molecule has 0 saturated heterocycles. The number of hydrogen-bond acceptors (Lipinski definition) is 2.